The van der Waals surface area contributed by atoms with Gasteiger partial charge in [0.15, 0.2) is 11.5 Å². The molecule has 0 aliphatic carbocycles. The van der Waals surface area contributed by atoms with Gasteiger partial charge < -0.3 is 0 Å². The summed E-state index contributed by atoms with van der Waals surface area (Å²) in [6, 6.07) is 61.3. The molecule has 0 saturated heterocycles. The molecule has 3 heteroatoms. The predicted octanol–water partition coefficient (Wildman–Crippen LogP) is 12.8. The third kappa shape index (κ3) is 5.08. The Morgan fingerprint density at radius 2 is 0.780 bits per heavy atom. The number of rotatable bonds is 5. The van der Waals surface area contributed by atoms with Gasteiger partial charge in [-0.3, -0.25) is 0 Å². The molecule has 0 N–H and O–H groups in total. The van der Waals surface area contributed by atoms with Crippen LogP contribution in [-0.4, -0.2) is 9.97 Å². The van der Waals surface area contributed by atoms with Gasteiger partial charge in [-0.25, -0.2) is 14.8 Å². The van der Waals surface area contributed by atoms with E-state index in [0.717, 1.165) is 44.4 Å². The molecule has 0 spiro atoms. The van der Waals surface area contributed by atoms with Crippen LogP contribution < -0.4 is 0 Å². The first-order valence-electron chi connectivity index (χ1n) is 16.7. The summed E-state index contributed by atoms with van der Waals surface area (Å²) in [5.74, 6) is 0.715. The van der Waals surface area contributed by atoms with E-state index in [-0.39, 0.29) is 0 Å². The van der Waals surface area contributed by atoms with Crippen LogP contribution >= 0.6 is 0 Å². The van der Waals surface area contributed by atoms with E-state index >= 15 is 0 Å². The molecule has 1 heterocycles. The lowest BCUT2D eigenvalue weighted by Gasteiger charge is -2.16. The van der Waals surface area contributed by atoms with Gasteiger partial charge >= 0.3 is 0 Å². The average Bonchev–Trinajstić information content (AvgIpc) is 3.20. The van der Waals surface area contributed by atoms with Gasteiger partial charge in [0.2, 0.25) is 0 Å². The molecule has 232 valence electrons. The summed E-state index contributed by atoms with van der Waals surface area (Å²) in [4.78, 5) is 13.6. The van der Waals surface area contributed by atoms with E-state index < -0.39 is 0 Å². The van der Waals surface area contributed by atoms with Gasteiger partial charge in [0, 0.05) is 16.5 Å². The standard InChI is InChI=1S/C47H29N3/c1-48-35-25-23-32(24-26-35)37-28-30-43(41-16-8-6-14-39(37)41)42-29-27-36(38-13-5-7-15-40(38)42)31-19-21-34(22-20-31)47-49-45-18-10-9-17-44(45)46(50-47)33-11-3-2-4-12-33/h2-30H. The van der Waals surface area contributed by atoms with E-state index in [0.29, 0.717) is 11.5 Å². The first-order valence-corrected chi connectivity index (χ1v) is 16.7. The molecule has 3 nitrogen and oxygen atoms in total. The Labute approximate surface area is 290 Å². The van der Waals surface area contributed by atoms with Gasteiger partial charge in [-0.2, -0.15) is 0 Å². The normalized spacial score (nSPS) is 11.2. The van der Waals surface area contributed by atoms with Gasteiger partial charge in [-0.05, 0) is 61.0 Å². The van der Waals surface area contributed by atoms with Crippen molar-refractivity contribution in [2.45, 2.75) is 0 Å². The van der Waals surface area contributed by atoms with E-state index in [1.807, 2.05) is 54.6 Å². The molecule has 0 bridgehead atoms. The maximum absolute atomic E-state index is 7.33. The summed E-state index contributed by atoms with van der Waals surface area (Å²) in [6.07, 6.45) is 0. The molecule has 0 fully saturated rings. The maximum atomic E-state index is 7.33. The Morgan fingerprint density at radius 1 is 0.340 bits per heavy atom. The lowest BCUT2D eigenvalue weighted by molar-refractivity contribution is 1.23. The maximum Gasteiger partial charge on any atom is 0.187 e. The van der Waals surface area contributed by atoms with Crippen molar-refractivity contribution in [2.75, 3.05) is 0 Å². The Bertz CT molecular complexity index is 2740. The van der Waals surface area contributed by atoms with Crippen LogP contribution in [0, 0.1) is 6.57 Å². The molecule has 0 atom stereocenters. The second-order valence-corrected chi connectivity index (χ2v) is 12.4. The van der Waals surface area contributed by atoms with E-state index in [2.05, 4.69) is 126 Å². The molecular weight excluding hydrogens is 607 g/mol. The Kier molecular flexibility index (Phi) is 7.19. The SMILES string of the molecule is [C-]#[N+]c1ccc(-c2ccc(-c3ccc(-c4ccc(-c5nc(-c6ccccc6)c6ccccc6n5)cc4)c4ccccc34)c3ccccc23)cc1. The highest BCUT2D eigenvalue weighted by Gasteiger charge is 2.15. The zero-order valence-corrected chi connectivity index (χ0v) is 27.1. The van der Waals surface area contributed by atoms with Crippen LogP contribution in [0.1, 0.15) is 0 Å². The number of hydrogen-bond donors (Lipinski definition) is 0. The molecular formula is C47H29N3. The summed E-state index contributed by atoms with van der Waals surface area (Å²) in [6.45, 7) is 7.33. The number of para-hydroxylation sites is 1. The van der Waals surface area contributed by atoms with Crippen molar-refractivity contribution >= 4 is 38.1 Å². The lowest BCUT2D eigenvalue weighted by atomic mass is 9.88. The van der Waals surface area contributed by atoms with E-state index in [4.69, 9.17) is 16.5 Å². The van der Waals surface area contributed by atoms with Crippen molar-refractivity contribution in [1.82, 2.24) is 9.97 Å². The van der Waals surface area contributed by atoms with Gasteiger partial charge in [-0.1, -0.05) is 170 Å². The summed E-state index contributed by atoms with van der Waals surface area (Å²) in [5, 5.41) is 5.85. The summed E-state index contributed by atoms with van der Waals surface area (Å²) in [5.41, 5.74) is 11.6. The highest BCUT2D eigenvalue weighted by atomic mass is 14.9. The average molecular weight is 636 g/mol. The molecule has 0 amide bonds. The second kappa shape index (κ2) is 12.3. The quantitative estimate of drug-likeness (QED) is 0.176. The zero-order valence-electron chi connectivity index (χ0n) is 27.1. The lowest BCUT2D eigenvalue weighted by Crippen LogP contribution is -1.95. The Morgan fingerprint density at radius 3 is 1.34 bits per heavy atom. The van der Waals surface area contributed by atoms with Gasteiger partial charge in [0.1, 0.15) is 0 Å². The van der Waals surface area contributed by atoms with Crippen molar-refractivity contribution < 1.29 is 0 Å². The minimum atomic E-state index is 0.648. The topological polar surface area (TPSA) is 30.1 Å². The molecule has 0 aliphatic heterocycles. The number of nitrogens with zero attached hydrogens (tertiary/aromatic N) is 3. The minimum absolute atomic E-state index is 0.648. The Balaban J connectivity index is 1.12. The van der Waals surface area contributed by atoms with Crippen molar-refractivity contribution in [3.63, 3.8) is 0 Å². The molecule has 1 aromatic heterocycles. The third-order valence-electron chi connectivity index (χ3n) is 9.55. The van der Waals surface area contributed by atoms with Crippen LogP contribution in [0.3, 0.4) is 0 Å². The predicted molar refractivity (Wildman–Crippen MR) is 208 cm³/mol. The van der Waals surface area contributed by atoms with E-state index in [1.165, 1.54) is 38.2 Å². The number of aromatic nitrogens is 2. The van der Waals surface area contributed by atoms with Gasteiger partial charge in [-0.15, -0.1) is 0 Å². The molecule has 0 radical (unpaired) electrons. The van der Waals surface area contributed by atoms with Crippen molar-refractivity contribution in [3.05, 3.63) is 187 Å². The summed E-state index contributed by atoms with van der Waals surface area (Å²) in [7, 11) is 0. The second-order valence-electron chi connectivity index (χ2n) is 12.4. The van der Waals surface area contributed by atoms with Crippen LogP contribution in [0.5, 0.6) is 0 Å². The fraction of sp³-hybridized carbons (Fsp3) is 0. The van der Waals surface area contributed by atoms with E-state index in [9.17, 15) is 0 Å². The first-order chi connectivity index (χ1) is 24.7. The highest BCUT2D eigenvalue weighted by Crippen LogP contribution is 2.41. The van der Waals surface area contributed by atoms with Crippen molar-refractivity contribution in [2.24, 2.45) is 0 Å². The number of fused-ring (bicyclic) bond motifs is 3. The molecule has 8 aromatic carbocycles. The summed E-state index contributed by atoms with van der Waals surface area (Å²) < 4.78 is 0. The third-order valence-corrected chi connectivity index (χ3v) is 9.55. The molecule has 50 heavy (non-hydrogen) atoms. The van der Waals surface area contributed by atoms with Gasteiger partial charge in [0.05, 0.1) is 17.8 Å². The van der Waals surface area contributed by atoms with Gasteiger partial charge in [0.25, 0.3) is 0 Å². The molecule has 0 unspecified atom stereocenters. The largest absolute Gasteiger partial charge is 0.238 e. The van der Waals surface area contributed by atoms with Crippen LogP contribution in [0.25, 0.3) is 93.3 Å². The van der Waals surface area contributed by atoms with Crippen LogP contribution in [0.15, 0.2) is 176 Å². The number of benzene rings is 8. The fourth-order valence-electron chi connectivity index (χ4n) is 7.11. The molecule has 9 aromatic rings. The smallest absolute Gasteiger partial charge is 0.187 e. The first kappa shape index (κ1) is 29.3. The monoisotopic (exact) mass is 635 g/mol. The molecule has 0 saturated carbocycles. The zero-order chi connectivity index (χ0) is 33.4. The molecule has 9 rings (SSSR count). The molecule has 0 aliphatic rings. The van der Waals surface area contributed by atoms with Crippen LogP contribution in [0.2, 0.25) is 0 Å². The summed E-state index contributed by atoms with van der Waals surface area (Å²) >= 11 is 0. The fourth-order valence-corrected chi connectivity index (χ4v) is 7.11. The Hall–Kier alpha value is -6.89. The van der Waals surface area contributed by atoms with Crippen LogP contribution in [0.4, 0.5) is 5.69 Å². The minimum Gasteiger partial charge on any atom is -0.238 e. The highest BCUT2D eigenvalue weighted by molar-refractivity contribution is 6.12. The van der Waals surface area contributed by atoms with Crippen LogP contribution in [-0.2, 0) is 0 Å². The van der Waals surface area contributed by atoms with Crippen molar-refractivity contribution in [1.29, 1.82) is 0 Å². The number of hydrogen-bond acceptors (Lipinski definition) is 2. The van der Waals surface area contributed by atoms with Crippen molar-refractivity contribution in [3.8, 4) is 56.0 Å². The van der Waals surface area contributed by atoms with E-state index in [1.54, 1.807) is 0 Å².